The minimum Gasteiger partial charge on any atom is -0.447 e. The third-order valence-corrected chi connectivity index (χ3v) is 1.77. The van der Waals surface area contributed by atoms with E-state index in [4.69, 9.17) is 4.74 Å². The Balaban J connectivity index is 2.26. The summed E-state index contributed by atoms with van der Waals surface area (Å²) in [5.41, 5.74) is 0.0943. The number of amides is 1. The lowest BCUT2D eigenvalue weighted by molar-refractivity contribution is 0.159. The van der Waals surface area contributed by atoms with E-state index in [9.17, 15) is 4.79 Å². The van der Waals surface area contributed by atoms with Crippen LogP contribution in [0.15, 0.2) is 0 Å². The topological polar surface area (TPSA) is 29.3 Å². The van der Waals surface area contributed by atoms with E-state index in [0.29, 0.717) is 6.61 Å². The summed E-state index contributed by atoms with van der Waals surface area (Å²) in [5, 5.41) is 0. The monoisotopic (exact) mass is 113 g/mol. The summed E-state index contributed by atoms with van der Waals surface area (Å²) in [6.07, 6.45) is -0.146. The largest absolute Gasteiger partial charge is 0.447 e. The first-order chi connectivity index (χ1) is 3.72. The number of carbonyl (C=O) groups is 1. The highest BCUT2D eigenvalue weighted by atomic mass is 16.6. The Labute approximate surface area is 47.2 Å². The van der Waals surface area contributed by atoms with Gasteiger partial charge in [0, 0.05) is 0 Å². The molecule has 2 fully saturated rings. The molecule has 0 aliphatic carbocycles. The zero-order valence-electron chi connectivity index (χ0n) is 4.68. The molecule has 2 heterocycles. The Hall–Kier alpha value is -0.730. The quantitative estimate of drug-likeness (QED) is 0.420. The Bertz CT molecular complexity index is 157. The molecule has 2 saturated heterocycles. The number of rotatable bonds is 0. The third kappa shape index (κ3) is 0.288. The molecule has 0 aromatic carbocycles. The smallest absolute Gasteiger partial charge is 0.410 e. The molecule has 8 heavy (non-hydrogen) atoms. The summed E-state index contributed by atoms with van der Waals surface area (Å²) >= 11 is 0. The van der Waals surface area contributed by atoms with Crippen molar-refractivity contribution in [2.45, 2.75) is 12.5 Å². The lowest BCUT2D eigenvalue weighted by Gasteiger charge is -1.92. The molecule has 0 N–H and O–H groups in total. The maximum atomic E-state index is 10.5. The van der Waals surface area contributed by atoms with Gasteiger partial charge in [-0.1, -0.05) is 0 Å². The molecule has 1 amide bonds. The maximum absolute atomic E-state index is 10.5. The molecule has 0 bridgehead atoms. The Morgan fingerprint density at radius 2 is 2.62 bits per heavy atom. The van der Waals surface area contributed by atoms with Gasteiger partial charge in [-0.25, -0.2) is 4.79 Å². The molecule has 0 spiro atoms. The normalized spacial score (nSPS) is 41.6. The first-order valence-electron chi connectivity index (χ1n) is 2.67. The summed E-state index contributed by atoms with van der Waals surface area (Å²) in [7, 11) is 0. The predicted molar refractivity (Wildman–Crippen MR) is 26.5 cm³/mol. The summed E-state index contributed by atoms with van der Waals surface area (Å²) in [6.45, 7) is 3.51. The molecule has 2 aliphatic heterocycles. The molecule has 3 nitrogen and oxygen atoms in total. The van der Waals surface area contributed by atoms with E-state index in [1.165, 1.54) is 0 Å². The van der Waals surface area contributed by atoms with Crippen LogP contribution in [0.5, 0.6) is 0 Å². The number of fused-ring (bicyclic) bond motifs is 1. The van der Waals surface area contributed by atoms with Crippen LogP contribution in [0.1, 0.15) is 6.92 Å². The van der Waals surface area contributed by atoms with Gasteiger partial charge in [-0.2, -0.15) is 0 Å². The minimum absolute atomic E-state index is 0.0943. The van der Waals surface area contributed by atoms with E-state index in [0.717, 1.165) is 6.54 Å². The molecule has 1 unspecified atom stereocenters. The SMILES string of the molecule is CC12COC(=O)N1C2. The van der Waals surface area contributed by atoms with E-state index in [1.807, 2.05) is 6.92 Å². The fourth-order valence-corrected chi connectivity index (χ4v) is 1.01. The van der Waals surface area contributed by atoms with Crippen molar-refractivity contribution >= 4 is 6.09 Å². The van der Waals surface area contributed by atoms with Crippen molar-refractivity contribution in [2.75, 3.05) is 13.2 Å². The van der Waals surface area contributed by atoms with Crippen LogP contribution in [0.4, 0.5) is 4.79 Å². The first kappa shape index (κ1) is 4.18. The van der Waals surface area contributed by atoms with Gasteiger partial charge in [0.2, 0.25) is 0 Å². The van der Waals surface area contributed by atoms with Gasteiger partial charge in [0.05, 0.1) is 12.1 Å². The Morgan fingerprint density at radius 1 is 1.88 bits per heavy atom. The van der Waals surface area contributed by atoms with Crippen LogP contribution in [0.3, 0.4) is 0 Å². The second-order valence-electron chi connectivity index (χ2n) is 2.64. The van der Waals surface area contributed by atoms with Crippen molar-refractivity contribution in [1.29, 1.82) is 0 Å². The van der Waals surface area contributed by atoms with Crippen LogP contribution in [-0.4, -0.2) is 29.7 Å². The van der Waals surface area contributed by atoms with Crippen LogP contribution in [-0.2, 0) is 4.74 Å². The highest BCUT2D eigenvalue weighted by Crippen LogP contribution is 2.37. The number of cyclic esters (lactones) is 1. The number of nitrogens with zero attached hydrogens (tertiary/aromatic N) is 1. The van der Waals surface area contributed by atoms with Crippen LogP contribution in [0, 0.1) is 0 Å². The molecule has 44 valence electrons. The van der Waals surface area contributed by atoms with Gasteiger partial charge >= 0.3 is 6.09 Å². The van der Waals surface area contributed by atoms with Crippen molar-refractivity contribution in [2.24, 2.45) is 0 Å². The molecule has 1 atom stereocenters. The van der Waals surface area contributed by atoms with Crippen molar-refractivity contribution in [3.8, 4) is 0 Å². The molecule has 2 rings (SSSR count). The van der Waals surface area contributed by atoms with Gasteiger partial charge in [-0.3, -0.25) is 4.90 Å². The lowest BCUT2D eigenvalue weighted by Crippen LogP contribution is -2.09. The summed E-state index contributed by atoms with van der Waals surface area (Å²) in [5.74, 6) is 0. The van der Waals surface area contributed by atoms with Gasteiger partial charge in [0.25, 0.3) is 0 Å². The van der Waals surface area contributed by atoms with Crippen LogP contribution < -0.4 is 0 Å². The van der Waals surface area contributed by atoms with E-state index in [1.54, 1.807) is 4.90 Å². The molecule has 3 heteroatoms. The summed E-state index contributed by atoms with van der Waals surface area (Å²) in [4.78, 5) is 12.3. The molecular formula is C5H7NO2. The summed E-state index contributed by atoms with van der Waals surface area (Å²) in [6, 6.07) is 0. The van der Waals surface area contributed by atoms with E-state index < -0.39 is 0 Å². The number of hydrogen-bond donors (Lipinski definition) is 0. The second kappa shape index (κ2) is 0.855. The van der Waals surface area contributed by atoms with Crippen molar-refractivity contribution in [1.82, 2.24) is 4.90 Å². The predicted octanol–water partition coefficient (Wildman–Crippen LogP) is 0.211. The highest BCUT2D eigenvalue weighted by molar-refractivity contribution is 5.75. The Kier molecular flexibility index (Phi) is 0.447. The molecule has 0 aromatic heterocycles. The molecule has 0 radical (unpaired) electrons. The number of hydrogen-bond acceptors (Lipinski definition) is 2. The second-order valence-corrected chi connectivity index (χ2v) is 2.64. The number of carbonyl (C=O) groups excluding carboxylic acids is 1. The van der Waals surface area contributed by atoms with Gasteiger partial charge in [-0.15, -0.1) is 0 Å². The van der Waals surface area contributed by atoms with E-state index in [2.05, 4.69) is 0 Å². The average molecular weight is 113 g/mol. The van der Waals surface area contributed by atoms with E-state index in [-0.39, 0.29) is 11.6 Å². The van der Waals surface area contributed by atoms with Crippen molar-refractivity contribution in [3.63, 3.8) is 0 Å². The standard InChI is InChI=1S/C5H7NO2/c1-5-2-6(5)4(7)8-3-5/h2-3H2,1H3. The zero-order chi connectivity index (χ0) is 5.78. The van der Waals surface area contributed by atoms with Crippen LogP contribution >= 0.6 is 0 Å². The lowest BCUT2D eigenvalue weighted by atomic mass is 10.2. The Morgan fingerprint density at radius 3 is 2.75 bits per heavy atom. The minimum atomic E-state index is -0.146. The van der Waals surface area contributed by atoms with Gasteiger partial charge in [0.1, 0.15) is 6.61 Å². The first-order valence-corrected chi connectivity index (χ1v) is 2.67. The van der Waals surface area contributed by atoms with Gasteiger partial charge in [-0.05, 0) is 6.92 Å². The van der Waals surface area contributed by atoms with Gasteiger partial charge in [0.15, 0.2) is 0 Å². The fourth-order valence-electron chi connectivity index (χ4n) is 1.01. The van der Waals surface area contributed by atoms with Crippen molar-refractivity contribution < 1.29 is 9.53 Å². The zero-order valence-corrected chi connectivity index (χ0v) is 4.68. The van der Waals surface area contributed by atoms with Gasteiger partial charge < -0.3 is 4.74 Å². The van der Waals surface area contributed by atoms with E-state index >= 15 is 0 Å². The van der Waals surface area contributed by atoms with Crippen LogP contribution in [0.25, 0.3) is 0 Å². The summed E-state index contributed by atoms with van der Waals surface area (Å²) < 4.78 is 4.70. The fraction of sp³-hybridized carbons (Fsp3) is 0.800. The number of ether oxygens (including phenoxy) is 1. The average Bonchev–Trinajstić information content (AvgIpc) is 2.32. The highest BCUT2D eigenvalue weighted by Gasteiger charge is 2.58. The molecule has 2 aliphatic rings. The molecular weight excluding hydrogens is 106 g/mol. The maximum Gasteiger partial charge on any atom is 0.410 e. The molecule has 0 saturated carbocycles. The molecule has 0 aromatic rings. The van der Waals surface area contributed by atoms with Crippen LogP contribution in [0.2, 0.25) is 0 Å². The third-order valence-electron chi connectivity index (χ3n) is 1.77. The van der Waals surface area contributed by atoms with Crippen molar-refractivity contribution in [3.05, 3.63) is 0 Å².